The first-order valence-corrected chi connectivity index (χ1v) is 4.95. The molecule has 5 heteroatoms. The molecule has 1 aromatic rings. The molecule has 0 aliphatic heterocycles. The average molecular weight is 194 g/mol. The lowest BCUT2D eigenvalue weighted by atomic mass is 10.1. The highest BCUT2D eigenvalue weighted by molar-refractivity contribution is 5.88. The van der Waals surface area contributed by atoms with E-state index in [1.807, 2.05) is 0 Å². The Bertz CT molecular complexity index is 327. The van der Waals surface area contributed by atoms with Crippen LogP contribution in [0.15, 0.2) is 6.33 Å². The first kappa shape index (κ1) is 9.18. The van der Waals surface area contributed by atoms with E-state index in [1.54, 1.807) is 11.0 Å². The maximum Gasteiger partial charge on any atom is 0.288 e. The van der Waals surface area contributed by atoms with Crippen molar-refractivity contribution in [2.75, 3.05) is 0 Å². The van der Waals surface area contributed by atoms with Crippen molar-refractivity contribution in [2.24, 2.45) is 11.7 Å². The van der Waals surface area contributed by atoms with E-state index in [9.17, 15) is 4.79 Å². The number of hydrogen-bond donors (Lipinski definition) is 1. The van der Waals surface area contributed by atoms with Gasteiger partial charge in [0.25, 0.3) is 5.91 Å². The molecule has 1 aromatic heterocycles. The number of primary amides is 1. The van der Waals surface area contributed by atoms with Crippen LogP contribution in [0.1, 0.15) is 36.3 Å². The van der Waals surface area contributed by atoms with Crippen LogP contribution in [0.5, 0.6) is 0 Å². The third-order valence-corrected chi connectivity index (χ3v) is 2.68. The molecular formula is C9H14N4O. The monoisotopic (exact) mass is 194 g/mol. The second-order valence-corrected chi connectivity index (χ2v) is 3.80. The van der Waals surface area contributed by atoms with Crippen LogP contribution in [0, 0.1) is 5.92 Å². The van der Waals surface area contributed by atoms with Crippen LogP contribution in [0.2, 0.25) is 0 Å². The number of aromatic nitrogens is 3. The fraction of sp³-hybridized carbons (Fsp3) is 0.667. The first-order chi connectivity index (χ1) is 6.75. The molecule has 2 N–H and O–H groups in total. The van der Waals surface area contributed by atoms with Gasteiger partial charge in [0, 0.05) is 6.54 Å². The summed E-state index contributed by atoms with van der Waals surface area (Å²) in [5.74, 6) is 0.246. The molecular weight excluding hydrogens is 180 g/mol. The molecule has 1 aliphatic rings. The van der Waals surface area contributed by atoms with Gasteiger partial charge in [-0.15, -0.1) is 5.10 Å². The lowest BCUT2D eigenvalue weighted by Crippen LogP contribution is -2.14. The van der Waals surface area contributed by atoms with Gasteiger partial charge in [-0.25, -0.2) is 4.98 Å². The Morgan fingerprint density at radius 1 is 1.57 bits per heavy atom. The molecule has 1 saturated carbocycles. The Morgan fingerprint density at radius 2 is 2.29 bits per heavy atom. The first-order valence-electron chi connectivity index (χ1n) is 4.95. The van der Waals surface area contributed by atoms with Crippen LogP contribution < -0.4 is 5.73 Å². The highest BCUT2D eigenvalue weighted by Crippen LogP contribution is 2.25. The molecule has 1 heterocycles. The maximum atomic E-state index is 10.7. The summed E-state index contributed by atoms with van der Waals surface area (Å²) in [7, 11) is 0. The van der Waals surface area contributed by atoms with Crippen molar-refractivity contribution in [1.82, 2.24) is 14.8 Å². The molecule has 1 aliphatic carbocycles. The Hall–Kier alpha value is -1.39. The van der Waals surface area contributed by atoms with Crippen LogP contribution in [-0.4, -0.2) is 20.7 Å². The maximum absolute atomic E-state index is 10.7. The zero-order valence-electron chi connectivity index (χ0n) is 8.02. The topological polar surface area (TPSA) is 73.8 Å². The molecule has 0 bridgehead atoms. The minimum atomic E-state index is -0.560. The van der Waals surface area contributed by atoms with E-state index >= 15 is 0 Å². The SMILES string of the molecule is NC(=O)c1ncn(CC2CCCC2)n1. The smallest absolute Gasteiger partial charge is 0.288 e. The Morgan fingerprint density at radius 3 is 2.86 bits per heavy atom. The van der Waals surface area contributed by atoms with Crippen LogP contribution in [0.25, 0.3) is 0 Å². The molecule has 1 amide bonds. The van der Waals surface area contributed by atoms with Crippen LogP contribution in [-0.2, 0) is 6.54 Å². The third kappa shape index (κ3) is 1.92. The Balaban J connectivity index is 1.98. The standard InChI is InChI=1S/C9H14N4O/c10-8(14)9-11-6-13(12-9)5-7-3-1-2-4-7/h6-7H,1-5H2,(H2,10,14). The minimum Gasteiger partial charge on any atom is -0.363 e. The van der Waals surface area contributed by atoms with Gasteiger partial charge >= 0.3 is 0 Å². The number of amides is 1. The number of rotatable bonds is 3. The van der Waals surface area contributed by atoms with E-state index in [0.29, 0.717) is 5.92 Å². The highest BCUT2D eigenvalue weighted by atomic mass is 16.1. The molecule has 0 spiro atoms. The lowest BCUT2D eigenvalue weighted by molar-refractivity contribution is 0.0990. The second-order valence-electron chi connectivity index (χ2n) is 3.80. The number of nitrogens with zero attached hydrogens (tertiary/aromatic N) is 3. The summed E-state index contributed by atoms with van der Waals surface area (Å²) in [4.78, 5) is 14.6. The van der Waals surface area contributed by atoms with Gasteiger partial charge < -0.3 is 5.73 Å². The Labute approximate surface area is 82.3 Å². The van der Waals surface area contributed by atoms with Gasteiger partial charge in [0.15, 0.2) is 0 Å². The van der Waals surface area contributed by atoms with E-state index in [4.69, 9.17) is 5.73 Å². The van der Waals surface area contributed by atoms with Gasteiger partial charge in [0.1, 0.15) is 6.33 Å². The highest BCUT2D eigenvalue weighted by Gasteiger charge is 2.16. The van der Waals surface area contributed by atoms with Crippen molar-refractivity contribution >= 4 is 5.91 Å². The van der Waals surface area contributed by atoms with Gasteiger partial charge in [-0.1, -0.05) is 12.8 Å². The fourth-order valence-electron chi connectivity index (χ4n) is 1.95. The molecule has 2 rings (SSSR count). The molecule has 76 valence electrons. The van der Waals surface area contributed by atoms with Gasteiger partial charge in [-0.05, 0) is 18.8 Å². The van der Waals surface area contributed by atoms with Crippen molar-refractivity contribution in [3.63, 3.8) is 0 Å². The summed E-state index contributed by atoms with van der Waals surface area (Å²) >= 11 is 0. The van der Waals surface area contributed by atoms with E-state index < -0.39 is 5.91 Å². The van der Waals surface area contributed by atoms with E-state index in [2.05, 4.69) is 10.1 Å². The van der Waals surface area contributed by atoms with Crippen LogP contribution >= 0.6 is 0 Å². The average Bonchev–Trinajstić information content (AvgIpc) is 2.75. The molecule has 1 fully saturated rings. The van der Waals surface area contributed by atoms with Crippen molar-refractivity contribution in [2.45, 2.75) is 32.2 Å². The van der Waals surface area contributed by atoms with E-state index in [-0.39, 0.29) is 5.82 Å². The predicted octanol–water partition coefficient (Wildman–Crippen LogP) is 0.567. The molecule has 5 nitrogen and oxygen atoms in total. The van der Waals surface area contributed by atoms with Crippen molar-refractivity contribution in [3.05, 3.63) is 12.2 Å². The van der Waals surface area contributed by atoms with Crippen LogP contribution in [0.4, 0.5) is 0 Å². The van der Waals surface area contributed by atoms with E-state index in [1.165, 1.54) is 25.7 Å². The van der Waals surface area contributed by atoms with Gasteiger partial charge in [0.2, 0.25) is 5.82 Å². The number of carbonyl (C=O) groups excluding carboxylic acids is 1. The number of carbonyl (C=O) groups is 1. The fourth-order valence-corrected chi connectivity index (χ4v) is 1.95. The van der Waals surface area contributed by atoms with Gasteiger partial charge in [-0.2, -0.15) is 0 Å². The van der Waals surface area contributed by atoms with Gasteiger partial charge in [-0.3, -0.25) is 9.48 Å². The Kier molecular flexibility index (Phi) is 2.47. The quantitative estimate of drug-likeness (QED) is 0.764. The zero-order valence-corrected chi connectivity index (χ0v) is 8.02. The summed E-state index contributed by atoms with van der Waals surface area (Å²) in [6.07, 6.45) is 6.71. The largest absolute Gasteiger partial charge is 0.363 e. The molecule has 0 aromatic carbocycles. The van der Waals surface area contributed by atoms with Crippen LogP contribution in [0.3, 0.4) is 0 Å². The summed E-state index contributed by atoms with van der Waals surface area (Å²) in [6.45, 7) is 0.861. The normalized spacial score (nSPS) is 17.4. The predicted molar refractivity (Wildman–Crippen MR) is 50.5 cm³/mol. The zero-order chi connectivity index (χ0) is 9.97. The molecule has 14 heavy (non-hydrogen) atoms. The third-order valence-electron chi connectivity index (χ3n) is 2.68. The van der Waals surface area contributed by atoms with Crippen molar-refractivity contribution in [1.29, 1.82) is 0 Å². The molecule has 0 saturated heterocycles. The van der Waals surface area contributed by atoms with Gasteiger partial charge in [0.05, 0.1) is 0 Å². The summed E-state index contributed by atoms with van der Waals surface area (Å²) < 4.78 is 1.72. The minimum absolute atomic E-state index is 0.114. The lowest BCUT2D eigenvalue weighted by Gasteiger charge is -2.06. The molecule has 0 unspecified atom stereocenters. The summed E-state index contributed by atoms with van der Waals surface area (Å²) in [5.41, 5.74) is 5.06. The summed E-state index contributed by atoms with van der Waals surface area (Å²) in [6, 6.07) is 0. The summed E-state index contributed by atoms with van der Waals surface area (Å²) in [5, 5.41) is 4.00. The molecule has 0 radical (unpaired) electrons. The van der Waals surface area contributed by atoms with Crippen molar-refractivity contribution < 1.29 is 4.79 Å². The van der Waals surface area contributed by atoms with Crippen molar-refractivity contribution in [3.8, 4) is 0 Å². The number of nitrogens with two attached hydrogens (primary N) is 1. The molecule has 0 atom stereocenters. The number of hydrogen-bond acceptors (Lipinski definition) is 3. The van der Waals surface area contributed by atoms with E-state index in [0.717, 1.165) is 6.54 Å². The second kappa shape index (κ2) is 3.77.